The number of fused-ring (bicyclic) bond motifs is 1. The van der Waals surface area contributed by atoms with Crippen molar-refractivity contribution in [1.82, 2.24) is 9.88 Å². The van der Waals surface area contributed by atoms with E-state index in [2.05, 4.69) is 5.32 Å². The van der Waals surface area contributed by atoms with Crippen LogP contribution >= 0.6 is 0 Å². The summed E-state index contributed by atoms with van der Waals surface area (Å²) in [7, 11) is 4.50. The predicted octanol–water partition coefficient (Wildman–Crippen LogP) is 2.81. The minimum absolute atomic E-state index is 0.0277. The Morgan fingerprint density at radius 3 is 2.48 bits per heavy atom. The SMILES string of the molecule is COc1cc(C2=C(c3cn(CCO)c4ccc(F)cc34)COCNC2=O)cc(OC)c1OC. The largest absolute Gasteiger partial charge is 0.493 e. The maximum atomic E-state index is 14.2. The van der Waals surface area contributed by atoms with Gasteiger partial charge in [-0.05, 0) is 35.9 Å². The van der Waals surface area contributed by atoms with Gasteiger partial charge in [-0.2, -0.15) is 0 Å². The number of rotatable bonds is 7. The van der Waals surface area contributed by atoms with E-state index in [0.29, 0.717) is 51.5 Å². The topological polar surface area (TPSA) is 91.2 Å². The fourth-order valence-electron chi connectivity index (χ4n) is 4.11. The summed E-state index contributed by atoms with van der Waals surface area (Å²) in [4.78, 5) is 13.2. The van der Waals surface area contributed by atoms with E-state index in [1.54, 1.807) is 24.4 Å². The molecule has 4 rings (SSSR count). The van der Waals surface area contributed by atoms with E-state index >= 15 is 0 Å². The number of aromatic nitrogens is 1. The third kappa shape index (κ3) is 4.12. The molecule has 0 radical (unpaired) electrons. The van der Waals surface area contributed by atoms with Crippen molar-refractivity contribution >= 4 is 28.0 Å². The summed E-state index contributed by atoms with van der Waals surface area (Å²) in [6.45, 7) is 0.373. The minimum atomic E-state index is -0.403. The molecular weight excluding hydrogens is 431 g/mol. The molecule has 2 heterocycles. The van der Waals surface area contributed by atoms with Gasteiger partial charge in [0.2, 0.25) is 5.75 Å². The highest BCUT2D eigenvalue weighted by molar-refractivity contribution is 6.28. The molecule has 0 unspecified atom stereocenters. The zero-order valence-electron chi connectivity index (χ0n) is 18.6. The van der Waals surface area contributed by atoms with E-state index in [1.165, 1.54) is 33.5 Å². The molecule has 0 saturated carbocycles. The van der Waals surface area contributed by atoms with Crippen LogP contribution in [0.4, 0.5) is 4.39 Å². The van der Waals surface area contributed by atoms with Crippen LogP contribution < -0.4 is 19.5 Å². The number of aliphatic hydroxyl groups is 1. The van der Waals surface area contributed by atoms with Crippen molar-refractivity contribution in [1.29, 1.82) is 0 Å². The minimum Gasteiger partial charge on any atom is -0.493 e. The monoisotopic (exact) mass is 456 g/mol. The second kappa shape index (κ2) is 9.51. The first-order chi connectivity index (χ1) is 16.0. The van der Waals surface area contributed by atoms with E-state index in [1.807, 2.05) is 4.57 Å². The second-order valence-corrected chi connectivity index (χ2v) is 7.39. The van der Waals surface area contributed by atoms with Gasteiger partial charge in [-0.3, -0.25) is 4.79 Å². The number of nitrogens with one attached hydrogen (secondary N) is 1. The molecule has 2 aromatic carbocycles. The van der Waals surface area contributed by atoms with Crippen LogP contribution in [0.25, 0.3) is 22.0 Å². The van der Waals surface area contributed by atoms with Gasteiger partial charge >= 0.3 is 0 Å². The number of ether oxygens (including phenoxy) is 4. The molecule has 0 atom stereocenters. The first-order valence-corrected chi connectivity index (χ1v) is 10.3. The molecule has 0 aliphatic carbocycles. The normalized spacial score (nSPS) is 14.3. The first-order valence-electron chi connectivity index (χ1n) is 10.3. The lowest BCUT2D eigenvalue weighted by molar-refractivity contribution is -0.116. The van der Waals surface area contributed by atoms with Crippen LogP contribution in [0.2, 0.25) is 0 Å². The lowest BCUT2D eigenvalue weighted by atomic mass is 9.93. The lowest BCUT2D eigenvalue weighted by Gasteiger charge is -2.16. The highest BCUT2D eigenvalue weighted by Crippen LogP contribution is 2.42. The average Bonchev–Trinajstić information content (AvgIpc) is 3.04. The second-order valence-electron chi connectivity index (χ2n) is 7.39. The number of halogens is 1. The molecule has 8 nitrogen and oxygen atoms in total. The summed E-state index contributed by atoms with van der Waals surface area (Å²) in [5, 5.41) is 12.8. The fourth-order valence-corrected chi connectivity index (χ4v) is 4.11. The summed E-state index contributed by atoms with van der Waals surface area (Å²) in [5.74, 6) is 0.435. The molecule has 174 valence electrons. The van der Waals surface area contributed by atoms with Gasteiger partial charge in [0.1, 0.15) is 12.5 Å². The van der Waals surface area contributed by atoms with Crippen LogP contribution in [0.15, 0.2) is 36.5 Å². The van der Waals surface area contributed by atoms with Gasteiger partial charge in [0.25, 0.3) is 5.91 Å². The number of hydrogen-bond donors (Lipinski definition) is 2. The number of carbonyl (C=O) groups excluding carboxylic acids is 1. The van der Waals surface area contributed by atoms with E-state index in [-0.39, 0.29) is 25.9 Å². The average molecular weight is 456 g/mol. The van der Waals surface area contributed by atoms with Crippen LogP contribution in [0.3, 0.4) is 0 Å². The molecule has 33 heavy (non-hydrogen) atoms. The summed E-state index contributed by atoms with van der Waals surface area (Å²) < 4.78 is 38.0. The smallest absolute Gasteiger partial charge is 0.254 e. The maximum absolute atomic E-state index is 14.2. The molecule has 9 heteroatoms. The van der Waals surface area contributed by atoms with Gasteiger partial charge in [-0.1, -0.05) is 0 Å². The number of benzene rings is 2. The van der Waals surface area contributed by atoms with Crippen LogP contribution in [-0.4, -0.2) is 56.9 Å². The highest BCUT2D eigenvalue weighted by Gasteiger charge is 2.27. The molecule has 0 fully saturated rings. The third-order valence-electron chi connectivity index (χ3n) is 5.57. The Labute approximate surface area is 190 Å². The van der Waals surface area contributed by atoms with Gasteiger partial charge in [0.15, 0.2) is 11.5 Å². The molecule has 1 aromatic heterocycles. The number of nitrogens with zero attached hydrogens (tertiary/aromatic N) is 1. The van der Waals surface area contributed by atoms with Crippen molar-refractivity contribution in [3.63, 3.8) is 0 Å². The zero-order valence-corrected chi connectivity index (χ0v) is 18.6. The van der Waals surface area contributed by atoms with E-state index in [0.717, 1.165) is 5.52 Å². The van der Waals surface area contributed by atoms with Crippen LogP contribution in [-0.2, 0) is 16.1 Å². The Bertz CT molecular complexity index is 1210. The molecule has 0 spiro atoms. The number of hydrogen-bond acceptors (Lipinski definition) is 6. The predicted molar refractivity (Wildman–Crippen MR) is 121 cm³/mol. The fraction of sp³-hybridized carbons (Fsp3) is 0.292. The number of carbonyl (C=O) groups is 1. The molecule has 2 N–H and O–H groups in total. The Balaban J connectivity index is 2.03. The number of amides is 1. The summed E-state index contributed by atoms with van der Waals surface area (Å²) in [6.07, 6.45) is 1.80. The Hall–Kier alpha value is -3.56. The van der Waals surface area contributed by atoms with Gasteiger partial charge in [0.05, 0.1) is 40.1 Å². The van der Waals surface area contributed by atoms with Gasteiger partial charge < -0.3 is 33.9 Å². The number of aliphatic hydroxyl groups excluding tert-OH is 1. The molecular formula is C24H25FN2O6. The Morgan fingerprint density at radius 1 is 1.12 bits per heavy atom. The van der Waals surface area contributed by atoms with Crippen molar-refractivity contribution in [2.75, 3.05) is 41.3 Å². The van der Waals surface area contributed by atoms with Crippen LogP contribution in [0, 0.1) is 5.82 Å². The van der Waals surface area contributed by atoms with Crippen molar-refractivity contribution in [2.45, 2.75) is 6.54 Å². The number of methoxy groups -OCH3 is 3. The highest BCUT2D eigenvalue weighted by atomic mass is 19.1. The summed E-state index contributed by atoms with van der Waals surface area (Å²) in [6, 6.07) is 7.82. The van der Waals surface area contributed by atoms with E-state index in [4.69, 9.17) is 18.9 Å². The molecule has 0 bridgehead atoms. The van der Waals surface area contributed by atoms with E-state index < -0.39 is 5.82 Å². The molecule has 3 aromatic rings. The molecule has 0 saturated heterocycles. The lowest BCUT2D eigenvalue weighted by Crippen LogP contribution is -2.24. The standard InChI is InChI=1S/C24H25FN2O6/c1-30-20-8-14(9-21(31-2)23(20)32-3)22-18(12-33-13-26-24(22)29)17-11-27(6-7-28)19-5-4-15(25)10-16(17)19/h4-5,8-11,28H,6-7,12-13H2,1-3H3,(H,26,29). The van der Waals surface area contributed by atoms with Gasteiger partial charge in [-0.25, -0.2) is 4.39 Å². The first kappa shape index (κ1) is 22.6. The maximum Gasteiger partial charge on any atom is 0.254 e. The van der Waals surface area contributed by atoms with Crippen LogP contribution in [0.1, 0.15) is 11.1 Å². The summed E-state index contributed by atoms with van der Waals surface area (Å²) in [5.41, 5.74) is 2.83. The van der Waals surface area contributed by atoms with Gasteiger partial charge in [0, 0.05) is 34.8 Å². The Morgan fingerprint density at radius 2 is 1.85 bits per heavy atom. The van der Waals surface area contributed by atoms with Gasteiger partial charge in [-0.15, -0.1) is 0 Å². The van der Waals surface area contributed by atoms with Crippen molar-refractivity contribution in [2.24, 2.45) is 0 Å². The van der Waals surface area contributed by atoms with Crippen molar-refractivity contribution in [3.8, 4) is 17.2 Å². The third-order valence-corrected chi connectivity index (χ3v) is 5.57. The Kier molecular flexibility index (Phi) is 6.52. The summed E-state index contributed by atoms with van der Waals surface area (Å²) >= 11 is 0. The molecule has 1 aliphatic heterocycles. The molecule has 1 amide bonds. The molecule has 1 aliphatic rings. The van der Waals surface area contributed by atoms with E-state index in [9.17, 15) is 14.3 Å². The van der Waals surface area contributed by atoms with Crippen LogP contribution in [0.5, 0.6) is 17.2 Å². The van der Waals surface area contributed by atoms with Crippen molar-refractivity contribution < 1.29 is 33.2 Å². The quantitative estimate of drug-likeness (QED) is 0.568. The van der Waals surface area contributed by atoms with Crippen molar-refractivity contribution in [3.05, 3.63) is 53.5 Å². The zero-order chi connectivity index (χ0) is 23.5.